The Balaban J connectivity index is 1.31. The number of ether oxygens (including phenoxy) is 1. The Kier molecular flexibility index (Phi) is 6.74. The molecule has 7 nitrogen and oxygen atoms in total. The number of piperazine rings is 1. The first kappa shape index (κ1) is 22.0. The molecule has 1 atom stereocenters. The van der Waals surface area contributed by atoms with Gasteiger partial charge in [-0.1, -0.05) is 18.2 Å². The van der Waals surface area contributed by atoms with E-state index in [9.17, 15) is 13.2 Å². The number of para-hydroxylation sites is 1. The van der Waals surface area contributed by atoms with Gasteiger partial charge in [-0.2, -0.15) is 0 Å². The van der Waals surface area contributed by atoms with E-state index < -0.39 is 9.84 Å². The molecule has 9 heteroatoms. The second-order valence-corrected chi connectivity index (χ2v) is 11.2. The van der Waals surface area contributed by atoms with Crippen LogP contribution in [0, 0.1) is 6.92 Å². The molecule has 2 aliphatic rings. The van der Waals surface area contributed by atoms with E-state index in [1.54, 1.807) is 23.5 Å². The van der Waals surface area contributed by atoms with E-state index in [0.717, 1.165) is 16.3 Å². The average Bonchev–Trinajstić information content (AvgIpc) is 3.35. The molecule has 2 saturated heterocycles. The highest BCUT2D eigenvalue weighted by atomic mass is 32.2. The van der Waals surface area contributed by atoms with Gasteiger partial charge in [-0.3, -0.25) is 9.69 Å². The maximum Gasteiger partial charge on any atom is 0.246 e. The number of benzene rings is 1. The number of nitrogens with zero attached hydrogens (tertiary/aromatic N) is 3. The molecule has 166 valence electrons. The standard InChI is InChI=1S/C22H27N3O4S2/c1-17-23-19(15-30-17)14-29-21-5-3-2-4-18(21)6-7-22(26)25-11-9-24(10-12-25)20-8-13-31(27,28)16-20/h2-7,15,20H,8-14,16H2,1H3/b7-6+. The molecule has 1 aromatic carbocycles. The van der Waals surface area contributed by atoms with E-state index in [4.69, 9.17) is 4.74 Å². The van der Waals surface area contributed by atoms with Crippen LogP contribution >= 0.6 is 11.3 Å². The summed E-state index contributed by atoms with van der Waals surface area (Å²) in [6, 6.07) is 7.73. The van der Waals surface area contributed by atoms with Gasteiger partial charge < -0.3 is 9.64 Å². The number of hydrogen-bond donors (Lipinski definition) is 0. The van der Waals surface area contributed by atoms with Crippen molar-refractivity contribution in [2.45, 2.75) is 26.0 Å². The molecule has 4 rings (SSSR count). The van der Waals surface area contributed by atoms with Crippen LogP contribution in [0.4, 0.5) is 0 Å². The molecule has 2 aromatic rings. The minimum absolute atomic E-state index is 0.0383. The third-order valence-electron chi connectivity index (χ3n) is 5.72. The molecular weight excluding hydrogens is 434 g/mol. The van der Waals surface area contributed by atoms with Gasteiger partial charge in [-0.15, -0.1) is 11.3 Å². The highest BCUT2D eigenvalue weighted by molar-refractivity contribution is 7.91. The number of aromatic nitrogens is 1. The van der Waals surface area contributed by atoms with Crippen LogP contribution in [0.1, 0.15) is 22.7 Å². The van der Waals surface area contributed by atoms with Gasteiger partial charge >= 0.3 is 0 Å². The Labute approximate surface area is 187 Å². The second-order valence-electron chi connectivity index (χ2n) is 7.94. The lowest BCUT2D eigenvalue weighted by Crippen LogP contribution is -2.52. The summed E-state index contributed by atoms with van der Waals surface area (Å²) in [6.45, 7) is 5.01. The van der Waals surface area contributed by atoms with Crippen LogP contribution in [0.25, 0.3) is 6.08 Å². The number of sulfone groups is 1. The number of thiazole rings is 1. The zero-order chi connectivity index (χ0) is 21.8. The third-order valence-corrected chi connectivity index (χ3v) is 8.29. The van der Waals surface area contributed by atoms with Gasteiger partial charge in [0.05, 0.1) is 22.2 Å². The highest BCUT2D eigenvalue weighted by Gasteiger charge is 2.34. The van der Waals surface area contributed by atoms with Crippen molar-refractivity contribution in [3.8, 4) is 5.75 Å². The minimum atomic E-state index is -2.89. The van der Waals surface area contributed by atoms with E-state index in [0.29, 0.717) is 45.0 Å². The normalized spacial score (nSPS) is 21.6. The quantitative estimate of drug-likeness (QED) is 0.615. The molecule has 0 spiro atoms. The number of hydrogen-bond acceptors (Lipinski definition) is 7. The van der Waals surface area contributed by atoms with Crippen LogP contribution < -0.4 is 4.74 Å². The van der Waals surface area contributed by atoms with Crippen LogP contribution in [0.5, 0.6) is 5.75 Å². The third kappa shape index (κ3) is 5.72. The highest BCUT2D eigenvalue weighted by Crippen LogP contribution is 2.22. The Morgan fingerprint density at radius 1 is 1.26 bits per heavy atom. The van der Waals surface area contributed by atoms with E-state index >= 15 is 0 Å². The fraction of sp³-hybridized carbons (Fsp3) is 0.455. The van der Waals surface area contributed by atoms with Crippen molar-refractivity contribution in [1.82, 2.24) is 14.8 Å². The van der Waals surface area contributed by atoms with Crippen molar-refractivity contribution >= 4 is 33.2 Å². The monoisotopic (exact) mass is 461 g/mol. The molecule has 31 heavy (non-hydrogen) atoms. The number of rotatable bonds is 6. The largest absolute Gasteiger partial charge is 0.487 e. The molecule has 1 aromatic heterocycles. The Morgan fingerprint density at radius 2 is 2.03 bits per heavy atom. The molecule has 3 heterocycles. The van der Waals surface area contributed by atoms with Gasteiger partial charge in [0, 0.05) is 49.2 Å². The molecule has 0 bridgehead atoms. The first-order valence-electron chi connectivity index (χ1n) is 10.4. The summed E-state index contributed by atoms with van der Waals surface area (Å²) in [5.41, 5.74) is 1.74. The lowest BCUT2D eigenvalue weighted by atomic mass is 10.1. The predicted molar refractivity (Wildman–Crippen MR) is 122 cm³/mol. The maximum atomic E-state index is 12.7. The van der Waals surface area contributed by atoms with Crippen molar-refractivity contribution in [2.75, 3.05) is 37.7 Å². The van der Waals surface area contributed by atoms with Gasteiger partial charge in [0.1, 0.15) is 12.4 Å². The molecule has 0 N–H and O–H groups in total. The average molecular weight is 462 g/mol. The van der Waals surface area contributed by atoms with Crippen molar-refractivity contribution in [3.05, 3.63) is 52.0 Å². The van der Waals surface area contributed by atoms with Crippen LogP contribution in [0.3, 0.4) is 0 Å². The Morgan fingerprint density at radius 3 is 2.71 bits per heavy atom. The van der Waals surface area contributed by atoms with Crippen molar-refractivity contribution in [1.29, 1.82) is 0 Å². The molecule has 0 radical (unpaired) electrons. The first-order valence-corrected chi connectivity index (χ1v) is 13.1. The molecule has 2 fully saturated rings. The molecule has 0 saturated carbocycles. The molecular formula is C22H27N3O4S2. The number of aryl methyl sites for hydroxylation is 1. The van der Waals surface area contributed by atoms with Crippen LogP contribution in [-0.2, 0) is 21.2 Å². The van der Waals surface area contributed by atoms with Gasteiger partial charge in [-0.05, 0) is 25.5 Å². The van der Waals surface area contributed by atoms with Crippen LogP contribution in [-0.4, -0.2) is 72.8 Å². The molecule has 1 unspecified atom stereocenters. The lowest BCUT2D eigenvalue weighted by molar-refractivity contribution is -0.127. The van der Waals surface area contributed by atoms with E-state index in [2.05, 4.69) is 9.88 Å². The number of carbonyl (C=O) groups is 1. The van der Waals surface area contributed by atoms with E-state index in [1.807, 2.05) is 41.5 Å². The molecule has 1 amide bonds. The summed E-state index contributed by atoms with van der Waals surface area (Å²) in [6.07, 6.45) is 4.08. The SMILES string of the molecule is Cc1nc(COc2ccccc2/C=C/C(=O)N2CCN(C3CCS(=O)(=O)C3)CC2)cs1. The van der Waals surface area contributed by atoms with Crippen molar-refractivity contribution < 1.29 is 17.9 Å². The predicted octanol–water partition coefficient (Wildman–Crippen LogP) is 2.38. The number of amides is 1. The van der Waals surface area contributed by atoms with Crippen molar-refractivity contribution in [2.24, 2.45) is 0 Å². The Bertz CT molecular complexity index is 1060. The first-order chi connectivity index (χ1) is 14.9. The van der Waals surface area contributed by atoms with Crippen LogP contribution in [0.2, 0.25) is 0 Å². The summed E-state index contributed by atoms with van der Waals surface area (Å²) in [7, 11) is -2.89. The lowest BCUT2D eigenvalue weighted by Gasteiger charge is -2.37. The Hall–Kier alpha value is -2.23. The second kappa shape index (κ2) is 9.50. The number of carbonyl (C=O) groups excluding carboxylic acids is 1. The molecule has 2 aliphatic heterocycles. The van der Waals surface area contributed by atoms with Gasteiger partial charge in [0.25, 0.3) is 0 Å². The van der Waals surface area contributed by atoms with Gasteiger partial charge in [0.15, 0.2) is 9.84 Å². The van der Waals surface area contributed by atoms with Crippen molar-refractivity contribution in [3.63, 3.8) is 0 Å². The summed E-state index contributed by atoms with van der Waals surface area (Å²) >= 11 is 1.59. The van der Waals surface area contributed by atoms with E-state index in [1.165, 1.54) is 0 Å². The maximum absolute atomic E-state index is 12.7. The summed E-state index contributed by atoms with van der Waals surface area (Å²) in [5, 5.41) is 2.99. The minimum Gasteiger partial charge on any atom is -0.487 e. The zero-order valence-electron chi connectivity index (χ0n) is 17.6. The van der Waals surface area contributed by atoms with Gasteiger partial charge in [0.2, 0.25) is 5.91 Å². The summed E-state index contributed by atoms with van der Waals surface area (Å²) < 4.78 is 29.4. The smallest absolute Gasteiger partial charge is 0.246 e. The fourth-order valence-corrected chi connectivity index (χ4v) is 6.37. The molecule has 0 aliphatic carbocycles. The fourth-order valence-electron chi connectivity index (χ4n) is 4.01. The summed E-state index contributed by atoms with van der Waals surface area (Å²) in [4.78, 5) is 21.1. The van der Waals surface area contributed by atoms with E-state index in [-0.39, 0.29) is 23.5 Å². The van der Waals surface area contributed by atoms with Gasteiger partial charge in [-0.25, -0.2) is 13.4 Å². The summed E-state index contributed by atoms with van der Waals surface area (Å²) in [5.74, 6) is 1.20. The topological polar surface area (TPSA) is 79.8 Å². The zero-order valence-corrected chi connectivity index (χ0v) is 19.2. The van der Waals surface area contributed by atoms with Crippen LogP contribution in [0.15, 0.2) is 35.7 Å².